The first kappa shape index (κ1) is 13.1. The molecule has 0 aliphatic carbocycles. The summed E-state index contributed by atoms with van der Waals surface area (Å²) in [6, 6.07) is 3.51. The number of aromatic nitrogens is 1. The molecule has 1 aromatic rings. The molecular weight excluding hydrogens is 272 g/mol. The lowest BCUT2D eigenvalue weighted by molar-refractivity contribution is 0.0467. The van der Waals surface area contributed by atoms with E-state index in [0.29, 0.717) is 10.2 Å². The Kier molecular flexibility index (Phi) is 4.04. The van der Waals surface area contributed by atoms with Gasteiger partial charge in [-0.3, -0.25) is 4.79 Å². The minimum Gasteiger partial charge on any atom is -0.394 e. The second-order valence-corrected chi connectivity index (χ2v) is 5.02. The zero-order chi connectivity index (χ0) is 12.3. The summed E-state index contributed by atoms with van der Waals surface area (Å²) in [5.74, 6) is -0.216. The molecular formula is C11H15BrN2O2. The molecule has 0 fully saturated rings. The normalized spacial score (nSPS) is 11.3. The molecule has 5 heteroatoms. The maximum atomic E-state index is 12.1. The van der Waals surface area contributed by atoms with E-state index >= 15 is 0 Å². The maximum absolute atomic E-state index is 12.1. The van der Waals surface area contributed by atoms with Gasteiger partial charge in [0.25, 0.3) is 5.91 Å². The van der Waals surface area contributed by atoms with Crippen LogP contribution in [0.2, 0.25) is 0 Å². The van der Waals surface area contributed by atoms with Crippen molar-refractivity contribution in [1.82, 2.24) is 9.88 Å². The largest absolute Gasteiger partial charge is 0.394 e. The fraction of sp³-hybridized carbons (Fsp3) is 0.455. The summed E-state index contributed by atoms with van der Waals surface area (Å²) in [5, 5.41) is 9.20. The van der Waals surface area contributed by atoms with Crippen LogP contribution in [0.15, 0.2) is 22.8 Å². The number of hydrogen-bond donors (Lipinski definition) is 1. The number of pyridine rings is 1. The van der Waals surface area contributed by atoms with Crippen LogP contribution in [0.25, 0.3) is 0 Å². The van der Waals surface area contributed by atoms with Crippen LogP contribution in [0.4, 0.5) is 0 Å². The van der Waals surface area contributed by atoms with E-state index in [2.05, 4.69) is 20.9 Å². The average Bonchev–Trinajstić information content (AvgIpc) is 2.27. The summed E-state index contributed by atoms with van der Waals surface area (Å²) >= 11 is 3.28. The molecule has 0 atom stereocenters. The zero-order valence-corrected chi connectivity index (χ0v) is 11.2. The molecule has 0 aromatic carbocycles. The number of likely N-dealkylation sites (N-methyl/N-ethyl adjacent to an activating group) is 1. The molecule has 0 saturated heterocycles. The van der Waals surface area contributed by atoms with E-state index in [1.807, 2.05) is 0 Å². The Morgan fingerprint density at radius 1 is 1.62 bits per heavy atom. The van der Waals surface area contributed by atoms with E-state index in [9.17, 15) is 9.90 Å². The molecule has 1 N–H and O–H groups in total. The summed E-state index contributed by atoms with van der Waals surface area (Å²) < 4.78 is 0.653. The average molecular weight is 287 g/mol. The predicted octanol–water partition coefficient (Wildman–Crippen LogP) is 1.69. The van der Waals surface area contributed by atoms with Gasteiger partial charge in [-0.05, 0) is 41.9 Å². The summed E-state index contributed by atoms with van der Waals surface area (Å²) in [6.45, 7) is 3.49. The van der Waals surface area contributed by atoms with Gasteiger partial charge in [0, 0.05) is 17.7 Å². The van der Waals surface area contributed by atoms with Gasteiger partial charge in [-0.2, -0.15) is 0 Å². The second kappa shape index (κ2) is 4.93. The lowest BCUT2D eigenvalue weighted by atomic mass is 10.0. The van der Waals surface area contributed by atoms with Gasteiger partial charge in [-0.15, -0.1) is 0 Å². The van der Waals surface area contributed by atoms with Gasteiger partial charge >= 0.3 is 0 Å². The van der Waals surface area contributed by atoms with Crippen molar-refractivity contribution >= 4 is 21.8 Å². The van der Waals surface area contributed by atoms with Gasteiger partial charge in [0.1, 0.15) is 5.69 Å². The Morgan fingerprint density at radius 3 is 2.75 bits per heavy atom. The molecule has 16 heavy (non-hydrogen) atoms. The van der Waals surface area contributed by atoms with E-state index < -0.39 is 5.54 Å². The highest BCUT2D eigenvalue weighted by Crippen LogP contribution is 2.19. The van der Waals surface area contributed by atoms with Crippen molar-refractivity contribution in [2.45, 2.75) is 19.4 Å². The number of carbonyl (C=O) groups is 1. The van der Waals surface area contributed by atoms with E-state index in [1.54, 1.807) is 39.2 Å². The van der Waals surface area contributed by atoms with Gasteiger partial charge in [0.2, 0.25) is 0 Å². The number of aliphatic hydroxyl groups excluding tert-OH is 1. The van der Waals surface area contributed by atoms with Gasteiger partial charge in [-0.1, -0.05) is 0 Å². The first-order valence-electron chi connectivity index (χ1n) is 4.89. The molecule has 1 amide bonds. The van der Waals surface area contributed by atoms with E-state index in [-0.39, 0.29) is 12.5 Å². The Bertz CT molecular complexity index is 393. The quantitative estimate of drug-likeness (QED) is 0.920. The number of carbonyl (C=O) groups excluding carboxylic acids is 1. The van der Waals surface area contributed by atoms with Gasteiger partial charge < -0.3 is 10.0 Å². The molecule has 1 rings (SSSR count). The molecule has 0 bridgehead atoms. The van der Waals surface area contributed by atoms with Crippen LogP contribution >= 0.6 is 15.9 Å². The number of nitrogens with zero attached hydrogens (tertiary/aromatic N) is 2. The van der Waals surface area contributed by atoms with Crippen LogP contribution < -0.4 is 0 Å². The number of halogens is 1. The lowest BCUT2D eigenvalue weighted by Gasteiger charge is -2.33. The second-order valence-electron chi connectivity index (χ2n) is 4.17. The predicted molar refractivity (Wildman–Crippen MR) is 65.2 cm³/mol. The van der Waals surface area contributed by atoms with Crippen molar-refractivity contribution in [3.8, 4) is 0 Å². The van der Waals surface area contributed by atoms with Crippen molar-refractivity contribution in [3.63, 3.8) is 0 Å². The highest BCUT2D eigenvalue weighted by Gasteiger charge is 2.29. The summed E-state index contributed by atoms with van der Waals surface area (Å²) in [4.78, 5) is 17.6. The number of aliphatic hydroxyl groups is 1. The third-order valence-electron chi connectivity index (χ3n) is 2.56. The molecule has 0 unspecified atom stereocenters. The summed E-state index contributed by atoms with van der Waals surface area (Å²) in [5.41, 5.74) is -0.250. The first-order chi connectivity index (χ1) is 7.40. The SMILES string of the molecule is CN(C(=O)c1ncccc1Br)C(C)(C)CO. The van der Waals surface area contributed by atoms with Crippen molar-refractivity contribution < 1.29 is 9.90 Å². The third-order valence-corrected chi connectivity index (χ3v) is 3.20. The monoisotopic (exact) mass is 286 g/mol. The Morgan fingerprint density at radius 2 is 2.25 bits per heavy atom. The van der Waals surface area contributed by atoms with Gasteiger partial charge in [0.15, 0.2) is 0 Å². The molecule has 4 nitrogen and oxygen atoms in total. The molecule has 1 aromatic heterocycles. The van der Waals surface area contributed by atoms with Crippen LogP contribution in [0, 0.1) is 0 Å². The van der Waals surface area contributed by atoms with Crippen molar-refractivity contribution in [2.24, 2.45) is 0 Å². The minimum atomic E-state index is -0.603. The Labute approximate surface area is 103 Å². The zero-order valence-electron chi connectivity index (χ0n) is 9.57. The summed E-state index contributed by atoms with van der Waals surface area (Å²) in [6.07, 6.45) is 1.57. The number of rotatable bonds is 3. The van der Waals surface area contributed by atoms with Crippen LogP contribution in [0.3, 0.4) is 0 Å². The van der Waals surface area contributed by atoms with Crippen molar-refractivity contribution in [1.29, 1.82) is 0 Å². The van der Waals surface area contributed by atoms with Crippen molar-refractivity contribution in [3.05, 3.63) is 28.5 Å². The molecule has 0 radical (unpaired) electrons. The minimum absolute atomic E-state index is 0.0975. The van der Waals surface area contributed by atoms with E-state index in [0.717, 1.165) is 0 Å². The Hall–Kier alpha value is -0.940. The lowest BCUT2D eigenvalue weighted by Crippen LogP contribution is -2.48. The fourth-order valence-electron chi connectivity index (χ4n) is 1.08. The molecule has 0 saturated carbocycles. The van der Waals surface area contributed by atoms with Crippen LogP contribution in [0.1, 0.15) is 24.3 Å². The Balaban J connectivity index is 3.00. The molecule has 0 aliphatic heterocycles. The van der Waals surface area contributed by atoms with Crippen LogP contribution in [0.5, 0.6) is 0 Å². The molecule has 1 heterocycles. The number of hydrogen-bond acceptors (Lipinski definition) is 3. The van der Waals surface area contributed by atoms with Crippen molar-refractivity contribution in [2.75, 3.05) is 13.7 Å². The smallest absolute Gasteiger partial charge is 0.273 e. The highest BCUT2D eigenvalue weighted by atomic mass is 79.9. The highest BCUT2D eigenvalue weighted by molar-refractivity contribution is 9.10. The van der Waals surface area contributed by atoms with E-state index in [1.165, 1.54) is 4.90 Å². The molecule has 0 aliphatic rings. The molecule has 0 spiro atoms. The van der Waals surface area contributed by atoms with Gasteiger partial charge in [0.05, 0.1) is 12.1 Å². The topological polar surface area (TPSA) is 53.4 Å². The number of amides is 1. The fourth-order valence-corrected chi connectivity index (χ4v) is 1.51. The first-order valence-corrected chi connectivity index (χ1v) is 5.69. The molecule has 88 valence electrons. The maximum Gasteiger partial charge on any atom is 0.273 e. The summed E-state index contributed by atoms with van der Waals surface area (Å²) in [7, 11) is 1.65. The van der Waals surface area contributed by atoms with Crippen LogP contribution in [-0.4, -0.2) is 40.1 Å². The van der Waals surface area contributed by atoms with Crippen LogP contribution in [-0.2, 0) is 0 Å². The third kappa shape index (κ3) is 2.59. The standard InChI is InChI=1S/C11H15BrN2O2/c1-11(2,7-15)14(3)10(16)9-8(12)5-4-6-13-9/h4-6,15H,7H2,1-3H3. The van der Waals surface area contributed by atoms with Gasteiger partial charge in [-0.25, -0.2) is 4.98 Å². The van der Waals surface area contributed by atoms with E-state index in [4.69, 9.17) is 0 Å².